The Morgan fingerprint density at radius 3 is 2.20 bits per heavy atom. The lowest BCUT2D eigenvalue weighted by atomic mass is 9.85. The summed E-state index contributed by atoms with van der Waals surface area (Å²) in [6.07, 6.45) is -2.99. The lowest BCUT2D eigenvalue weighted by Gasteiger charge is -2.35. The molecule has 2 atom stereocenters. The summed E-state index contributed by atoms with van der Waals surface area (Å²) >= 11 is 7.26. The van der Waals surface area contributed by atoms with Crippen LogP contribution in [-0.2, 0) is 36.6 Å². The van der Waals surface area contributed by atoms with E-state index >= 15 is 0 Å². The van der Waals surface area contributed by atoms with Crippen LogP contribution in [0.3, 0.4) is 0 Å². The Morgan fingerprint density at radius 2 is 1.58 bits per heavy atom. The van der Waals surface area contributed by atoms with Crippen LogP contribution in [0.5, 0.6) is 5.75 Å². The van der Waals surface area contributed by atoms with Gasteiger partial charge < -0.3 is 29.9 Å². The van der Waals surface area contributed by atoms with Crippen LogP contribution < -0.4 is 25.2 Å². The number of hydrogen-bond acceptors (Lipinski definition) is 10. The molecule has 13 nitrogen and oxygen atoms in total. The summed E-state index contributed by atoms with van der Waals surface area (Å²) in [7, 11) is 0. The highest BCUT2D eigenvalue weighted by atomic mass is 32.1. The molecule has 372 valence electrons. The van der Waals surface area contributed by atoms with Crippen LogP contribution in [0.4, 0.5) is 24.5 Å². The predicted molar refractivity (Wildman–Crippen MR) is 270 cm³/mol. The molecule has 0 aliphatic carbocycles. The van der Waals surface area contributed by atoms with Gasteiger partial charge >= 0.3 is 6.18 Å². The van der Waals surface area contributed by atoms with Crippen molar-refractivity contribution in [3.63, 3.8) is 0 Å². The molecular weight excluding hydrogens is 952 g/mol. The number of aromatic nitrogens is 1. The van der Waals surface area contributed by atoms with Crippen molar-refractivity contribution in [2.45, 2.75) is 97.6 Å². The third-order valence-electron chi connectivity index (χ3n) is 12.5. The van der Waals surface area contributed by atoms with Gasteiger partial charge in [0.2, 0.25) is 17.7 Å². The summed E-state index contributed by atoms with van der Waals surface area (Å²) in [5.74, 6) is -0.659. The fraction of sp³-hybridized carbons (Fsp3) is 0.377. The maximum atomic E-state index is 14.0. The second-order valence-electron chi connectivity index (χ2n) is 19.0. The van der Waals surface area contributed by atoms with Gasteiger partial charge in [-0.2, -0.15) is 18.4 Å². The Kier molecular flexibility index (Phi) is 16.0. The molecule has 1 unspecified atom stereocenters. The maximum Gasteiger partial charge on any atom is 0.417 e. The highest BCUT2D eigenvalue weighted by molar-refractivity contribution is 7.81. The van der Waals surface area contributed by atoms with E-state index in [4.69, 9.17) is 21.7 Å². The normalized spacial score (nSPS) is 16.2. The fourth-order valence-corrected chi connectivity index (χ4v) is 10.0. The van der Waals surface area contributed by atoms with E-state index in [0.29, 0.717) is 50.4 Å². The molecule has 5 aromatic rings. The first-order chi connectivity index (χ1) is 33.7. The summed E-state index contributed by atoms with van der Waals surface area (Å²) in [5, 5.41) is 15.2. The van der Waals surface area contributed by atoms with Crippen LogP contribution in [0, 0.1) is 23.7 Å². The monoisotopic (exact) mass is 1010 g/mol. The van der Waals surface area contributed by atoms with E-state index in [0.717, 1.165) is 49.9 Å². The second-order valence-corrected chi connectivity index (χ2v) is 20.3. The van der Waals surface area contributed by atoms with Crippen LogP contribution in [0.15, 0.2) is 96.5 Å². The molecule has 2 aliphatic heterocycles. The van der Waals surface area contributed by atoms with Crippen molar-refractivity contribution in [1.29, 1.82) is 5.26 Å². The molecule has 3 heterocycles. The number of benzene rings is 4. The summed E-state index contributed by atoms with van der Waals surface area (Å²) in [6.45, 7) is 12.6. The number of thiazole rings is 1. The molecule has 0 spiro atoms. The molecule has 4 amide bonds. The number of halogens is 3. The van der Waals surface area contributed by atoms with Gasteiger partial charge in [0.15, 0.2) is 5.11 Å². The molecule has 0 bridgehead atoms. The third-order valence-corrected chi connectivity index (χ3v) is 13.9. The van der Waals surface area contributed by atoms with E-state index in [-0.39, 0.29) is 48.2 Å². The van der Waals surface area contributed by atoms with Gasteiger partial charge in [-0.25, -0.2) is 4.98 Å². The number of anilines is 2. The van der Waals surface area contributed by atoms with E-state index in [1.807, 2.05) is 93.9 Å². The predicted octanol–water partition coefficient (Wildman–Crippen LogP) is 9.61. The SMILES string of the molecule is Cc1ncsc1-c1ccc(CNC(=O)[C@@H]2CCCN2C(=O)C(NC(=O)CCCOCCOc2ccc(-c3ccc(N4C(=S)N(c5ccc(C#N)c(C(F)(F)F)c5)C(=O)C4(C)C)cc3)cc2)C(C)(C)C)cc1. The van der Waals surface area contributed by atoms with E-state index in [1.165, 1.54) is 6.07 Å². The summed E-state index contributed by atoms with van der Waals surface area (Å²) in [4.78, 5) is 63.9. The van der Waals surface area contributed by atoms with Gasteiger partial charge in [-0.1, -0.05) is 69.3 Å². The van der Waals surface area contributed by atoms with E-state index < -0.39 is 46.2 Å². The fourth-order valence-electron chi connectivity index (χ4n) is 8.67. The number of rotatable bonds is 17. The van der Waals surface area contributed by atoms with Crippen molar-refractivity contribution in [1.82, 2.24) is 20.5 Å². The number of carbonyl (C=O) groups is 4. The first-order valence-electron chi connectivity index (χ1n) is 23.3. The largest absolute Gasteiger partial charge is 0.491 e. The molecule has 0 saturated carbocycles. The van der Waals surface area contributed by atoms with Crippen LogP contribution in [-0.4, -0.2) is 82.6 Å². The number of carbonyl (C=O) groups excluding carboxylic acids is 4. The average molecular weight is 1010 g/mol. The maximum absolute atomic E-state index is 14.0. The van der Waals surface area contributed by atoms with E-state index in [9.17, 15) is 37.6 Å². The quantitative estimate of drug-likeness (QED) is 0.0679. The summed E-state index contributed by atoms with van der Waals surface area (Å²) < 4.78 is 52.9. The molecule has 2 fully saturated rings. The highest BCUT2D eigenvalue weighted by Crippen LogP contribution is 2.40. The third kappa shape index (κ3) is 11.9. The minimum Gasteiger partial charge on any atom is -0.491 e. The van der Waals surface area contributed by atoms with Gasteiger partial charge in [0.25, 0.3) is 5.91 Å². The highest BCUT2D eigenvalue weighted by Gasteiger charge is 2.51. The zero-order chi connectivity index (χ0) is 51.3. The number of nitrogens with zero attached hydrogens (tertiary/aromatic N) is 5. The number of amides is 4. The van der Waals surface area contributed by atoms with Crippen molar-refractivity contribution < 1.29 is 41.8 Å². The molecule has 18 heteroatoms. The van der Waals surface area contributed by atoms with Crippen molar-refractivity contribution in [2.24, 2.45) is 5.41 Å². The number of likely N-dealkylation sites (tertiary alicyclic amines) is 1. The molecule has 2 N–H and O–H groups in total. The van der Waals surface area contributed by atoms with Crippen molar-refractivity contribution in [2.75, 3.05) is 36.2 Å². The minimum absolute atomic E-state index is 0.00721. The number of hydrogen-bond donors (Lipinski definition) is 2. The number of ether oxygens (including phenoxy) is 2. The first kappa shape index (κ1) is 52.2. The Labute approximate surface area is 420 Å². The molecule has 2 aliphatic rings. The van der Waals surface area contributed by atoms with Crippen molar-refractivity contribution >= 4 is 63.7 Å². The number of alkyl halides is 3. The van der Waals surface area contributed by atoms with Gasteiger partial charge in [-0.3, -0.25) is 24.1 Å². The molecule has 0 radical (unpaired) electrons. The van der Waals surface area contributed by atoms with Gasteiger partial charge in [-0.05, 0) is 122 Å². The Bertz CT molecular complexity index is 2800. The molecular formula is C53H56F3N7O6S2. The zero-order valence-electron chi connectivity index (χ0n) is 40.4. The van der Waals surface area contributed by atoms with Crippen molar-refractivity contribution in [3.05, 3.63) is 119 Å². The average Bonchev–Trinajstić information content (AvgIpc) is 4.05. The number of nitriles is 1. The molecule has 71 heavy (non-hydrogen) atoms. The smallest absolute Gasteiger partial charge is 0.417 e. The topological polar surface area (TPSA) is 157 Å². The van der Waals surface area contributed by atoms with Gasteiger partial charge in [0.1, 0.15) is 30.0 Å². The lowest BCUT2D eigenvalue weighted by molar-refractivity contribution is -0.144. The van der Waals surface area contributed by atoms with Crippen LogP contribution in [0.2, 0.25) is 0 Å². The Morgan fingerprint density at radius 1 is 0.930 bits per heavy atom. The van der Waals surface area contributed by atoms with Gasteiger partial charge in [0, 0.05) is 31.8 Å². The van der Waals surface area contributed by atoms with Crippen molar-refractivity contribution in [3.8, 4) is 33.4 Å². The number of aryl methyl sites for hydroxylation is 1. The van der Waals surface area contributed by atoms with Gasteiger partial charge in [0.05, 0.1) is 45.6 Å². The van der Waals surface area contributed by atoms with E-state index in [2.05, 4.69) is 15.6 Å². The minimum atomic E-state index is -4.80. The van der Waals surface area contributed by atoms with Crippen LogP contribution in [0.1, 0.15) is 82.7 Å². The molecule has 7 rings (SSSR count). The molecule has 1 aromatic heterocycles. The zero-order valence-corrected chi connectivity index (χ0v) is 42.0. The van der Waals surface area contributed by atoms with Crippen LogP contribution >= 0.6 is 23.6 Å². The Balaban J connectivity index is 0.833. The Hall–Kier alpha value is -6.68. The number of thiocarbonyl (C=S) groups is 1. The first-order valence-corrected chi connectivity index (χ1v) is 24.6. The second kappa shape index (κ2) is 21.8. The van der Waals surface area contributed by atoms with Gasteiger partial charge in [-0.15, -0.1) is 11.3 Å². The number of nitrogens with one attached hydrogen (secondary N) is 2. The standard InChI is InChI=1S/C53H56F3N7O6S2/c1-33-45(71-32-59-33)37-13-11-34(12-14-37)31-58-47(65)43-9-7-25-61(43)48(66)46(51(2,3)4)60-44(64)10-8-26-68-27-28-69-41-23-18-36(19-24-41)35-15-20-39(21-16-35)63-50(70)62(49(67)52(63,5)6)40-22-17-38(30-57)42(29-40)53(54,55)56/h11-24,29,32,43,46H,7-10,25-28,31H2,1-6H3,(H,58,65)(H,60,64)/t43-,46?/m0/s1. The van der Waals surface area contributed by atoms with E-state index in [1.54, 1.807) is 53.2 Å². The summed E-state index contributed by atoms with van der Waals surface area (Å²) in [6, 6.07) is 25.9. The summed E-state index contributed by atoms with van der Waals surface area (Å²) in [5.41, 5.74) is 3.52. The lowest BCUT2D eigenvalue weighted by Crippen LogP contribution is -2.57. The molecule has 4 aromatic carbocycles. The van der Waals surface area contributed by atoms with Crippen LogP contribution in [0.25, 0.3) is 21.6 Å². The molecule has 2 saturated heterocycles.